The van der Waals surface area contributed by atoms with Crippen LogP contribution in [0.2, 0.25) is 0 Å². The average Bonchev–Trinajstić information content (AvgIpc) is 3.13. The van der Waals surface area contributed by atoms with Crippen LogP contribution in [-0.4, -0.2) is 19.3 Å². The minimum absolute atomic E-state index is 0.289. The summed E-state index contributed by atoms with van der Waals surface area (Å²) in [4.78, 5) is 4.73. The number of nitrogens with zero attached hydrogens (tertiary/aromatic N) is 4. The van der Waals surface area contributed by atoms with Crippen LogP contribution in [0.1, 0.15) is 18.0 Å². The van der Waals surface area contributed by atoms with Crippen molar-refractivity contribution in [2.24, 2.45) is 7.05 Å². The van der Waals surface area contributed by atoms with E-state index in [2.05, 4.69) is 39.5 Å². The Kier molecular flexibility index (Phi) is 2.77. The predicted octanol–water partition coefficient (Wildman–Crippen LogP) is 2.84. The van der Waals surface area contributed by atoms with Gasteiger partial charge in [0.15, 0.2) is 0 Å². The molecular weight excluding hydrogens is 262 g/mol. The molecule has 4 rings (SSSR count). The lowest BCUT2D eigenvalue weighted by atomic mass is 10.1. The van der Waals surface area contributed by atoms with Crippen LogP contribution >= 0.6 is 0 Å². The first kappa shape index (κ1) is 12.2. The minimum atomic E-state index is 0.289. The smallest absolute Gasteiger partial charge is 0.203 e. The van der Waals surface area contributed by atoms with Gasteiger partial charge in [-0.1, -0.05) is 30.3 Å². The van der Waals surface area contributed by atoms with Crippen LogP contribution in [0.3, 0.4) is 0 Å². The van der Waals surface area contributed by atoms with Crippen LogP contribution in [0, 0.1) is 0 Å². The van der Waals surface area contributed by atoms with Crippen LogP contribution in [0.5, 0.6) is 0 Å². The van der Waals surface area contributed by atoms with Crippen LogP contribution in [0.25, 0.3) is 11.3 Å². The first-order valence-electron chi connectivity index (χ1n) is 7.17. The number of anilines is 1. The van der Waals surface area contributed by atoms with Gasteiger partial charge >= 0.3 is 0 Å². The topological polar surface area (TPSA) is 47.7 Å². The van der Waals surface area contributed by atoms with Gasteiger partial charge in [-0.05, 0) is 6.42 Å². The van der Waals surface area contributed by atoms with E-state index in [1.165, 1.54) is 5.56 Å². The normalized spacial score (nSPS) is 17.3. The SMILES string of the molecule is Cn1cc(C2CCn3cc(-c4ccccc4)nc3N2)cn1. The number of benzene rings is 1. The van der Waals surface area contributed by atoms with Crippen molar-refractivity contribution >= 4 is 5.95 Å². The molecule has 1 N–H and O–H groups in total. The number of fused-ring (bicyclic) bond motifs is 1. The second-order valence-electron chi connectivity index (χ2n) is 5.44. The van der Waals surface area contributed by atoms with Crippen molar-refractivity contribution in [3.63, 3.8) is 0 Å². The van der Waals surface area contributed by atoms with Gasteiger partial charge in [-0.15, -0.1) is 0 Å². The van der Waals surface area contributed by atoms with Gasteiger partial charge in [-0.3, -0.25) is 4.68 Å². The Morgan fingerprint density at radius 2 is 2.05 bits per heavy atom. The second kappa shape index (κ2) is 4.77. The van der Waals surface area contributed by atoms with Gasteiger partial charge in [-0.2, -0.15) is 5.10 Å². The summed E-state index contributed by atoms with van der Waals surface area (Å²) in [6, 6.07) is 10.6. The van der Waals surface area contributed by atoms with Gasteiger partial charge in [-0.25, -0.2) is 4.98 Å². The fraction of sp³-hybridized carbons (Fsp3) is 0.250. The molecule has 0 saturated heterocycles. The molecule has 21 heavy (non-hydrogen) atoms. The van der Waals surface area contributed by atoms with Crippen LogP contribution in [-0.2, 0) is 13.6 Å². The highest BCUT2D eigenvalue weighted by Gasteiger charge is 2.22. The first-order chi connectivity index (χ1) is 10.3. The van der Waals surface area contributed by atoms with Crippen LogP contribution in [0.4, 0.5) is 5.95 Å². The molecule has 1 aliphatic heterocycles. The van der Waals surface area contributed by atoms with E-state index in [0.717, 1.165) is 30.2 Å². The minimum Gasteiger partial charge on any atom is -0.349 e. The molecule has 1 atom stereocenters. The number of rotatable bonds is 2. The van der Waals surface area contributed by atoms with Crippen molar-refractivity contribution in [1.29, 1.82) is 0 Å². The Morgan fingerprint density at radius 1 is 1.19 bits per heavy atom. The van der Waals surface area contributed by atoms with E-state index >= 15 is 0 Å². The summed E-state index contributed by atoms with van der Waals surface area (Å²) in [5, 5.41) is 7.77. The third kappa shape index (κ3) is 2.20. The molecule has 0 saturated carbocycles. The Morgan fingerprint density at radius 3 is 2.81 bits per heavy atom. The monoisotopic (exact) mass is 279 g/mol. The highest BCUT2D eigenvalue weighted by molar-refractivity contribution is 5.61. The van der Waals surface area contributed by atoms with E-state index in [9.17, 15) is 0 Å². The maximum atomic E-state index is 4.73. The lowest BCUT2D eigenvalue weighted by Gasteiger charge is -2.24. The molecule has 0 bridgehead atoms. The number of nitrogens with one attached hydrogen (secondary N) is 1. The highest BCUT2D eigenvalue weighted by atomic mass is 15.3. The fourth-order valence-electron chi connectivity index (χ4n) is 2.82. The first-order valence-corrected chi connectivity index (χ1v) is 7.17. The van der Waals surface area contributed by atoms with Crippen molar-refractivity contribution in [3.8, 4) is 11.3 Å². The maximum absolute atomic E-state index is 4.73. The second-order valence-corrected chi connectivity index (χ2v) is 5.44. The van der Waals surface area contributed by atoms with E-state index < -0.39 is 0 Å². The van der Waals surface area contributed by atoms with Gasteiger partial charge in [0.05, 0.1) is 17.9 Å². The third-order valence-electron chi connectivity index (χ3n) is 3.94. The third-order valence-corrected chi connectivity index (χ3v) is 3.94. The van der Waals surface area contributed by atoms with Crippen molar-refractivity contribution in [2.45, 2.75) is 19.0 Å². The van der Waals surface area contributed by atoms with Gasteiger partial charge in [0, 0.05) is 37.1 Å². The number of aryl methyl sites for hydroxylation is 2. The number of aromatic nitrogens is 4. The molecule has 106 valence electrons. The standard InChI is InChI=1S/C16H17N5/c1-20-10-13(9-17-20)14-7-8-21-11-15(19-16(21)18-14)12-5-3-2-4-6-12/h2-6,9-11,14H,7-8H2,1H3,(H,18,19). The van der Waals surface area contributed by atoms with E-state index in [1.807, 2.05) is 36.1 Å². The van der Waals surface area contributed by atoms with Gasteiger partial charge < -0.3 is 9.88 Å². The zero-order valence-corrected chi connectivity index (χ0v) is 11.9. The van der Waals surface area contributed by atoms with Crippen LogP contribution in [0.15, 0.2) is 48.9 Å². The van der Waals surface area contributed by atoms with Crippen molar-refractivity contribution in [2.75, 3.05) is 5.32 Å². The summed E-state index contributed by atoms with van der Waals surface area (Å²) in [7, 11) is 1.95. The molecule has 5 nitrogen and oxygen atoms in total. The van der Waals surface area contributed by atoms with Crippen molar-refractivity contribution < 1.29 is 0 Å². The van der Waals surface area contributed by atoms with E-state index in [0.29, 0.717) is 0 Å². The molecule has 1 unspecified atom stereocenters. The maximum Gasteiger partial charge on any atom is 0.203 e. The molecule has 0 fully saturated rings. The molecule has 2 aromatic heterocycles. The summed E-state index contributed by atoms with van der Waals surface area (Å²) in [6.45, 7) is 0.974. The molecule has 1 aromatic carbocycles. The van der Waals surface area contributed by atoms with E-state index in [4.69, 9.17) is 4.98 Å². The lowest BCUT2D eigenvalue weighted by molar-refractivity contribution is 0.542. The summed E-state index contributed by atoms with van der Waals surface area (Å²) in [6.07, 6.45) is 7.16. The highest BCUT2D eigenvalue weighted by Crippen LogP contribution is 2.30. The number of imidazole rings is 1. The molecule has 5 heteroatoms. The molecule has 0 amide bonds. The summed E-state index contributed by atoms with van der Waals surface area (Å²) >= 11 is 0. The molecule has 0 aliphatic carbocycles. The Bertz CT molecular complexity index is 756. The van der Waals surface area contributed by atoms with E-state index in [1.54, 1.807) is 0 Å². The van der Waals surface area contributed by atoms with Gasteiger partial charge in [0.25, 0.3) is 0 Å². The summed E-state index contributed by atoms with van der Waals surface area (Å²) in [5.74, 6) is 0.939. The zero-order valence-electron chi connectivity index (χ0n) is 11.9. The fourth-order valence-corrected chi connectivity index (χ4v) is 2.82. The molecular formula is C16H17N5. The van der Waals surface area contributed by atoms with Crippen molar-refractivity contribution in [1.82, 2.24) is 19.3 Å². The molecule has 1 aliphatic rings. The molecule has 0 radical (unpaired) electrons. The predicted molar refractivity (Wildman–Crippen MR) is 81.9 cm³/mol. The molecule has 0 spiro atoms. The summed E-state index contributed by atoms with van der Waals surface area (Å²) < 4.78 is 4.03. The number of hydrogen-bond acceptors (Lipinski definition) is 3. The van der Waals surface area contributed by atoms with Crippen molar-refractivity contribution in [3.05, 3.63) is 54.5 Å². The quantitative estimate of drug-likeness (QED) is 0.784. The average molecular weight is 279 g/mol. The van der Waals surface area contributed by atoms with Gasteiger partial charge in [0.2, 0.25) is 5.95 Å². The Balaban J connectivity index is 1.63. The largest absolute Gasteiger partial charge is 0.349 e. The number of hydrogen-bond donors (Lipinski definition) is 1. The lowest BCUT2D eigenvalue weighted by Crippen LogP contribution is -2.21. The molecule has 3 heterocycles. The Hall–Kier alpha value is -2.56. The van der Waals surface area contributed by atoms with E-state index in [-0.39, 0.29) is 6.04 Å². The van der Waals surface area contributed by atoms with Crippen LogP contribution < -0.4 is 5.32 Å². The molecule has 3 aromatic rings. The Labute approximate surface area is 123 Å². The zero-order chi connectivity index (χ0) is 14.2. The summed E-state index contributed by atoms with van der Waals surface area (Å²) in [5.41, 5.74) is 3.39. The van der Waals surface area contributed by atoms with Gasteiger partial charge in [0.1, 0.15) is 0 Å².